The lowest BCUT2D eigenvalue weighted by Gasteiger charge is -2.14. The SMILES string of the molecule is CC(NC(=O)c1cc(Cl)ccc1[N+](=O)[O-])C(=O)NC1CC1. The van der Waals surface area contributed by atoms with Crippen molar-refractivity contribution in [3.05, 3.63) is 38.9 Å². The van der Waals surface area contributed by atoms with Crippen molar-refractivity contribution in [1.82, 2.24) is 10.6 Å². The largest absolute Gasteiger partial charge is 0.352 e. The van der Waals surface area contributed by atoms with Gasteiger partial charge in [-0.05, 0) is 31.9 Å². The second-order valence-electron chi connectivity index (χ2n) is 4.90. The van der Waals surface area contributed by atoms with Crippen LogP contribution in [0.5, 0.6) is 0 Å². The van der Waals surface area contributed by atoms with E-state index in [1.807, 2.05) is 0 Å². The number of hydrogen-bond acceptors (Lipinski definition) is 4. The van der Waals surface area contributed by atoms with Gasteiger partial charge in [0.1, 0.15) is 11.6 Å². The average molecular weight is 312 g/mol. The smallest absolute Gasteiger partial charge is 0.282 e. The molecule has 0 aromatic heterocycles. The number of carbonyl (C=O) groups excluding carboxylic acids is 2. The third-order valence-electron chi connectivity index (χ3n) is 3.06. The van der Waals surface area contributed by atoms with E-state index in [1.165, 1.54) is 19.1 Å². The molecule has 1 saturated carbocycles. The molecule has 2 N–H and O–H groups in total. The summed E-state index contributed by atoms with van der Waals surface area (Å²) in [6.45, 7) is 1.52. The van der Waals surface area contributed by atoms with E-state index < -0.39 is 16.9 Å². The van der Waals surface area contributed by atoms with Crippen LogP contribution >= 0.6 is 11.6 Å². The molecule has 0 spiro atoms. The first-order valence-corrected chi connectivity index (χ1v) is 6.81. The lowest BCUT2D eigenvalue weighted by Crippen LogP contribution is -2.45. The van der Waals surface area contributed by atoms with Gasteiger partial charge in [-0.15, -0.1) is 0 Å². The van der Waals surface area contributed by atoms with Gasteiger partial charge in [0, 0.05) is 17.1 Å². The molecule has 1 unspecified atom stereocenters. The minimum Gasteiger partial charge on any atom is -0.352 e. The standard InChI is InChI=1S/C13H14ClN3O4/c1-7(12(18)16-9-3-4-9)15-13(19)10-6-8(14)2-5-11(10)17(20)21/h2,5-7,9H,3-4H2,1H3,(H,15,19)(H,16,18). The molecule has 1 fully saturated rings. The molecular weight excluding hydrogens is 298 g/mol. The van der Waals surface area contributed by atoms with E-state index >= 15 is 0 Å². The average Bonchev–Trinajstić information content (AvgIpc) is 3.21. The summed E-state index contributed by atoms with van der Waals surface area (Å²) in [6, 6.07) is 3.10. The molecule has 0 aliphatic heterocycles. The zero-order valence-corrected chi connectivity index (χ0v) is 12.0. The van der Waals surface area contributed by atoms with Crippen LogP contribution in [0, 0.1) is 10.1 Å². The van der Waals surface area contributed by atoms with Gasteiger partial charge in [0.25, 0.3) is 11.6 Å². The molecule has 2 rings (SSSR count). The van der Waals surface area contributed by atoms with Crippen LogP contribution in [0.2, 0.25) is 5.02 Å². The Morgan fingerprint density at radius 2 is 2.10 bits per heavy atom. The van der Waals surface area contributed by atoms with E-state index in [0.29, 0.717) is 0 Å². The van der Waals surface area contributed by atoms with E-state index in [9.17, 15) is 19.7 Å². The fourth-order valence-electron chi connectivity index (χ4n) is 1.74. The molecule has 1 aromatic carbocycles. The van der Waals surface area contributed by atoms with Gasteiger partial charge >= 0.3 is 0 Å². The highest BCUT2D eigenvalue weighted by molar-refractivity contribution is 6.31. The van der Waals surface area contributed by atoms with Crippen LogP contribution in [0.4, 0.5) is 5.69 Å². The lowest BCUT2D eigenvalue weighted by atomic mass is 10.1. The summed E-state index contributed by atoms with van der Waals surface area (Å²) in [4.78, 5) is 34.1. The number of amides is 2. The fourth-order valence-corrected chi connectivity index (χ4v) is 1.92. The van der Waals surface area contributed by atoms with E-state index in [0.717, 1.165) is 18.9 Å². The van der Waals surface area contributed by atoms with Crippen molar-refractivity contribution in [1.29, 1.82) is 0 Å². The Hall–Kier alpha value is -2.15. The molecule has 1 aromatic rings. The molecular formula is C13H14ClN3O4. The van der Waals surface area contributed by atoms with Gasteiger partial charge in [0.15, 0.2) is 0 Å². The Morgan fingerprint density at radius 1 is 1.43 bits per heavy atom. The molecule has 1 aliphatic carbocycles. The number of rotatable bonds is 5. The maximum atomic E-state index is 12.1. The molecule has 112 valence electrons. The van der Waals surface area contributed by atoms with Crippen LogP contribution in [-0.2, 0) is 4.79 Å². The van der Waals surface area contributed by atoms with Crippen molar-refractivity contribution >= 4 is 29.1 Å². The van der Waals surface area contributed by atoms with Gasteiger partial charge in [-0.2, -0.15) is 0 Å². The van der Waals surface area contributed by atoms with Gasteiger partial charge in [0.05, 0.1) is 4.92 Å². The lowest BCUT2D eigenvalue weighted by molar-refractivity contribution is -0.385. The van der Waals surface area contributed by atoms with E-state index in [1.54, 1.807) is 0 Å². The number of benzene rings is 1. The molecule has 0 heterocycles. The number of nitro groups is 1. The summed E-state index contributed by atoms with van der Waals surface area (Å²) in [5, 5.41) is 16.3. The number of halogens is 1. The summed E-state index contributed by atoms with van der Waals surface area (Å²) in [5.74, 6) is -1.02. The topological polar surface area (TPSA) is 101 Å². The number of nitrogens with one attached hydrogen (secondary N) is 2. The number of hydrogen-bond donors (Lipinski definition) is 2. The van der Waals surface area contributed by atoms with Crippen LogP contribution in [-0.4, -0.2) is 28.8 Å². The predicted molar refractivity (Wildman–Crippen MR) is 76.2 cm³/mol. The molecule has 1 aliphatic rings. The van der Waals surface area contributed by atoms with Crippen molar-refractivity contribution < 1.29 is 14.5 Å². The fraction of sp³-hybridized carbons (Fsp3) is 0.385. The highest BCUT2D eigenvalue weighted by Gasteiger charge is 2.28. The summed E-state index contributed by atoms with van der Waals surface area (Å²) >= 11 is 5.76. The minimum atomic E-state index is -0.781. The Bertz CT molecular complexity index is 601. The predicted octanol–water partition coefficient (Wildman–Crippen LogP) is 1.65. The van der Waals surface area contributed by atoms with Crippen molar-refractivity contribution in [3.63, 3.8) is 0 Å². The van der Waals surface area contributed by atoms with Gasteiger partial charge in [-0.25, -0.2) is 0 Å². The Labute approximate surface area is 125 Å². The number of nitro benzene ring substituents is 1. The van der Waals surface area contributed by atoms with Gasteiger partial charge in [-0.1, -0.05) is 11.6 Å². The van der Waals surface area contributed by atoms with E-state index in [2.05, 4.69) is 10.6 Å². The molecule has 2 amide bonds. The van der Waals surface area contributed by atoms with Gasteiger partial charge in [-0.3, -0.25) is 19.7 Å². The Morgan fingerprint density at radius 3 is 2.67 bits per heavy atom. The summed E-state index contributed by atoms with van der Waals surface area (Å²) in [7, 11) is 0. The molecule has 7 nitrogen and oxygen atoms in total. The summed E-state index contributed by atoms with van der Waals surface area (Å²) in [6.07, 6.45) is 1.87. The Balaban J connectivity index is 2.10. The van der Waals surface area contributed by atoms with Crippen molar-refractivity contribution in [2.45, 2.75) is 31.8 Å². The molecule has 21 heavy (non-hydrogen) atoms. The molecule has 8 heteroatoms. The van der Waals surface area contributed by atoms with Crippen LogP contribution < -0.4 is 10.6 Å². The van der Waals surface area contributed by atoms with Crippen LogP contribution in [0.3, 0.4) is 0 Å². The van der Waals surface area contributed by atoms with Crippen molar-refractivity contribution in [2.24, 2.45) is 0 Å². The highest BCUT2D eigenvalue weighted by Crippen LogP contribution is 2.23. The molecule has 0 radical (unpaired) electrons. The number of nitrogens with zero attached hydrogens (tertiary/aromatic N) is 1. The molecule has 0 bridgehead atoms. The van der Waals surface area contributed by atoms with Crippen molar-refractivity contribution in [2.75, 3.05) is 0 Å². The van der Waals surface area contributed by atoms with E-state index in [-0.39, 0.29) is 28.2 Å². The molecule has 1 atom stereocenters. The van der Waals surface area contributed by atoms with E-state index in [4.69, 9.17) is 11.6 Å². The summed E-state index contributed by atoms with van der Waals surface area (Å²) in [5.41, 5.74) is -0.523. The van der Waals surface area contributed by atoms with Crippen LogP contribution in [0.15, 0.2) is 18.2 Å². The third-order valence-corrected chi connectivity index (χ3v) is 3.30. The zero-order valence-electron chi connectivity index (χ0n) is 11.3. The quantitative estimate of drug-likeness (QED) is 0.637. The summed E-state index contributed by atoms with van der Waals surface area (Å²) < 4.78 is 0. The number of carbonyl (C=O) groups is 2. The van der Waals surface area contributed by atoms with Crippen molar-refractivity contribution in [3.8, 4) is 0 Å². The van der Waals surface area contributed by atoms with Crippen LogP contribution in [0.1, 0.15) is 30.1 Å². The first-order chi connectivity index (χ1) is 9.88. The first kappa shape index (κ1) is 15.2. The second kappa shape index (κ2) is 6.09. The second-order valence-corrected chi connectivity index (χ2v) is 5.33. The normalized spacial score (nSPS) is 15.1. The van der Waals surface area contributed by atoms with Crippen LogP contribution in [0.25, 0.3) is 0 Å². The maximum Gasteiger partial charge on any atom is 0.282 e. The Kier molecular flexibility index (Phi) is 4.42. The van der Waals surface area contributed by atoms with Gasteiger partial charge in [0.2, 0.25) is 5.91 Å². The third kappa shape index (κ3) is 3.91. The maximum absolute atomic E-state index is 12.1. The molecule has 0 saturated heterocycles. The highest BCUT2D eigenvalue weighted by atomic mass is 35.5. The zero-order chi connectivity index (χ0) is 15.6. The van der Waals surface area contributed by atoms with Gasteiger partial charge < -0.3 is 10.6 Å². The first-order valence-electron chi connectivity index (χ1n) is 6.43. The minimum absolute atomic E-state index is 0.168. The monoisotopic (exact) mass is 311 g/mol.